The highest BCUT2D eigenvalue weighted by atomic mass is 16.3. The van der Waals surface area contributed by atoms with Gasteiger partial charge >= 0.3 is 0 Å². The number of likely N-dealkylation sites (N-methyl/N-ethyl adjacent to an activating group) is 1. The van der Waals surface area contributed by atoms with Gasteiger partial charge in [0.25, 0.3) is 5.56 Å². The molecule has 1 saturated heterocycles. The number of nitrogens with zero attached hydrogens (tertiary/aromatic N) is 7. The Morgan fingerprint density at radius 2 is 1.79 bits per heavy atom. The molecule has 11 heteroatoms. The van der Waals surface area contributed by atoms with Crippen molar-refractivity contribution in [2.75, 3.05) is 43.4 Å². The van der Waals surface area contributed by atoms with Gasteiger partial charge in [0, 0.05) is 43.8 Å². The van der Waals surface area contributed by atoms with Crippen LogP contribution in [0, 0.1) is 0 Å². The minimum Gasteiger partial charge on any atom is -0.511 e. The molecule has 0 atom stereocenters. The maximum Gasteiger partial charge on any atom is 0.278 e. The number of anilines is 3. The fourth-order valence-electron chi connectivity index (χ4n) is 4.47. The standard InChI is InChI=1S/C27H32N8O3/c1-18(36)17-34-25(37)21-16-28-26(29-19-8-10-20(11-9-19)33-14-12-32(4)13-15-33)31-24(21)35(34)23-7-5-6-22(30-23)27(2,3)38/h5-11,16,36,38H,1,12-15,17H2,2-4H3,(H,28,29,31). The van der Waals surface area contributed by atoms with Crippen molar-refractivity contribution in [1.29, 1.82) is 0 Å². The lowest BCUT2D eigenvalue weighted by atomic mass is 10.1. The molecule has 0 aliphatic carbocycles. The summed E-state index contributed by atoms with van der Waals surface area (Å²) in [5, 5.41) is 23.9. The van der Waals surface area contributed by atoms with E-state index >= 15 is 0 Å². The SMILES string of the molecule is C=C(O)Cn1c(=O)c2cnc(Nc3ccc(N4CCN(C)CC4)cc3)nc2n1-c1cccc(C(C)(C)O)n1. The maximum atomic E-state index is 13.2. The van der Waals surface area contributed by atoms with E-state index in [0.29, 0.717) is 23.1 Å². The highest BCUT2D eigenvalue weighted by molar-refractivity contribution is 5.77. The van der Waals surface area contributed by atoms with E-state index in [1.54, 1.807) is 32.0 Å². The van der Waals surface area contributed by atoms with Gasteiger partial charge < -0.3 is 25.3 Å². The average Bonchev–Trinajstić information content (AvgIpc) is 3.14. The largest absolute Gasteiger partial charge is 0.511 e. The predicted octanol–water partition coefficient (Wildman–Crippen LogP) is 2.77. The van der Waals surface area contributed by atoms with E-state index in [-0.39, 0.29) is 17.7 Å². The lowest BCUT2D eigenvalue weighted by Crippen LogP contribution is -2.44. The number of aliphatic hydroxyl groups is 2. The summed E-state index contributed by atoms with van der Waals surface area (Å²) in [5.41, 5.74) is 1.11. The second kappa shape index (κ2) is 9.92. The predicted molar refractivity (Wildman–Crippen MR) is 147 cm³/mol. The average molecular weight is 517 g/mol. The number of pyridine rings is 1. The van der Waals surface area contributed by atoms with Crippen LogP contribution in [-0.4, -0.2) is 72.7 Å². The molecule has 1 fully saturated rings. The van der Waals surface area contributed by atoms with Crippen molar-refractivity contribution in [3.63, 3.8) is 0 Å². The number of allylic oxidation sites excluding steroid dienone is 1. The van der Waals surface area contributed by atoms with Gasteiger partial charge in [-0.15, -0.1) is 0 Å². The fraction of sp³-hybridized carbons (Fsp3) is 0.333. The quantitative estimate of drug-likeness (QED) is 0.318. The van der Waals surface area contributed by atoms with Gasteiger partial charge in [-0.3, -0.25) is 4.79 Å². The van der Waals surface area contributed by atoms with Gasteiger partial charge in [0.2, 0.25) is 5.95 Å². The van der Waals surface area contributed by atoms with Crippen LogP contribution in [0.2, 0.25) is 0 Å². The third-order valence-electron chi connectivity index (χ3n) is 6.58. The Hall–Kier alpha value is -4.22. The van der Waals surface area contributed by atoms with E-state index in [9.17, 15) is 15.0 Å². The van der Waals surface area contributed by atoms with Gasteiger partial charge in [-0.1, -0.05) is 12.6 Å². The van der Waals surface area contributed by atoms with Crippen LogP contribution in [0.5, 0.6) is 0 Å². The Morgan fingerprint density at radius 3 is 2.45 bits per heavy atom. The molecule has 5 rings (SSSR count). The summed E-state index contributed by atoms with van der Waals surface area (Å²) in [5.74, 6) is 0.470. The molecule has 0 unspecified atom stereocenters. The molecule has 1 aromatic carbocycles. The first-order valence-corrected chi connectivity index (χ1v) is 12.5. The van der Waals surface area contributed by atoms with E-state index in [1.807, 2.05) is 12.1 Å². The Bertz CT molecular complexity index is 1530. The van der Waals surface area contributed by atoms with Gasteiger partial charge in [-0.25, -0.2) is 19.3 Å². The maximum absolute atomic E-state index is 13.2. The molecule has 0 spiro atoms. The number of hydrogen-bond donors (Lipinski definition) is 3. The van der Waals surface area contributed by atoms with Gasteiger partial charge in [0.15, 0.2) is 11.5 Å². The number of aliphatic hydroxyl groups excluding tert-OH is 1. The molecule has 3 aromatic heterocycles. The second-order valence-electron chi connectivity index (χ2n) is 10.1. The molecule has 4 aromatic rings. The van der Waals surface area contributed by atoms with Crippen LogP contribution in [0.4, 0.5) is 17.3 Å². The van der Waals surface area contributed by atoms with Crippen LogP contribution < -0.4 is 15.8 Å². The number of nitrogens with one attached hydrogen (secondary N) is 1. The Labute approximate surface area is 220 Å². The summed E-state index contributed by atoms with van der Waals surface area (Å²) in [7, 11) is 2.13. The van der Waals surface area contributed by atoms with Crippen molar-refractivity contribution < 1.29 is 10.2 Å². The lowest BCUT2D eigenvalue weighted by molar-refractivity contribution is 0.0738. The van der Waals surface area contributed by atoms with Crippen LogP contribution in [-0.2, 0) is 12.1 Å². The minimum absolute atomic E-state index is 0.153. The van der Waals surface area contributed by atoms with Crippen LogP contribution in [0.3, 0.4) is 0 Å². The number of fused-ring (bicyclic) bond motifs is 1. The van der Waals surface area contributed by atoms with E-state index < -0.39 is 11.2 Å². The Balaban J connectivity index is 1.51. The molecule has 0 amide bonds. The van der Waals surface area contributed by atoms with Crippen molar-refractivity contribution in [2.45, 2.75) is 26.0 Å². The van der Waals surface area contributed by atoms with E-state index in [2.05, 4.69) is 55.8 Å². The number of hydrogen-bond acceptors (Lipinski definition) is 9. The zero-order chi connectivity index (χ0) is 27.0. The third-order valence-corrected chi connectivity index (χ3v) is 6.58. The molecule has 4 heterocycles. The molecular weight excluding hydrogens is 484 g/mol. The van der Waals surface area contributed by atoms with Gasteiger partial charge in [-0.2, -0.15) is 4.98 Å². The number of rotatable bonds is 7. The molecule has 38 heavy (non-hydrogen) atoms. The third kappa shape index (κ3) is 5.11. The van der Waals surface area contributed by atoms with Gasteiger partial charge in [0.1, 0.15) is 16.7 Å². The smallest absolute Gasteiger partial charge is 0.278 e. The van der Waals surface area contributed by atoms with Crippen molar-refractivity contribution in [3.05, 3.63) is 77.0 Å². The summed E-state index contributed by atoms with van der Waals surface area (Å²) in [6.07, 6.45) is 1.46. The highest BCUT2D eigenvalue weighted by Gasteiger charge is 2.22. The normalized spacial score (nSPS) is 14.7. The Morgan fingerprint density at radius 1 is 1.08 bits per heavy atom. The van der Waals surface area contributed by atoms with Crippen LogP contribution >= 0.6 is 0 Å². The molecule has 198 valence electrons. The van der Waals surface area contributed by atoms with Crippen molar-refractivity contribution >= 4 is 28.4 Å². The zero-order valence-corrected chi connectivity index (χ0v) is 21.8. The first kappa shape index (κ1) is 25.4. The molecule has 1 aliphatic rings. The topological polar surface area (TPSA) is 125 Å². The fourth-order valence-corrected chi connectivity index (χ4v) is 4.47. The van der Waals surface area contributed by atoms with Crippen molar-refractivity contribution in [1.82, 2.24) is 29.2 Å². The van der Waals surface area contributed by atoms with Crippen molar-refractivity contribution in [3.8, 4) is 5.82 Å². The van der Waals surface area contributed by atoms with Gasteiger partial charge in [0.05, 0.1) is 12.2 Å². The minimum atomic E-state index is -1.19. The first-order chi connectivity index (χ1) is 18.1. The van der Waals surface area contributed by atoms with Crippen LogP contribution in [0.25, 0.3) is 16.9 Å². The molecule has 3 N–H and O–H groups in total. The van der Waals surface area contributed by atoms with E-state index in [4.69, 9.17) is 0 Å². The summed E-state index contributed by atoms with van der Waals surface area (Å²) < 4.78 is 2.81. The summed E-state index contributed by atoms with van der Waals surface area (Å²) in [6, 6.07) is 13.2. The van der Waals surface area contributed by atoms with E-state index in [1.165, 1.54) is 15.6 Å². The molecule has 1 aliphatic heterocycles. The second-order valence-corrected chi connectivity index (χ2v) is 10.1. The summed E-state index contributed by atoms with van der Waals surface area (Å²) in [6.45, 7) is 10.7. The molecule has 0 saturated carbocycles. The Kier molecular flexibility index (Phi) is 6.64. The number of piperazine rings is 1. The van der Waals surface area contributed by atoms with Crippen molar-refractivity contribution in [2.24, 2.45) is 0 Å². The lowest BCUT2D eigenvalue weighted by Gasteiger charge is -2.34. The zero-order valence-electron chi connectivity index (χ0n) is 21.8. The van der Waals surface area contributed by atoms with E-state index in [0.717, 1.165) is 37.6 Å². The first-order valence-electron chi connectivity index (χ1n) is 12.5. The highest BCUT2D eigenvalue weighted by Crippen LogP contribution is 2.24. The number of benzene rings is 1. The molecular formula is C27H32N8O3. The molecule has 11 nitrogen and oxygen atoms in total. The summed E-state index contributed by atoms with van der Waals surface area (Å²) >= 11 is 0. The number of aromatic nitrogens is 5. The van der Waals surface area contributed by atoms with Crippen LogP contribution in [0.15, 0.2) is 65.8 Å². The summed E-state index contributed by atoms with van der Waals surface area (Å²) in [4.78, 5) is 31.5. The molecule has 0 bridgehead atoms. The van der Waals surface area contributed by atoms with Crippen LogP contribution in [0.1, 0.15) is 19.5 Å². The molecule has 0 radical (unpaired) electrons. The van der Waals surface area contributed by atoms with Gasteiger partial charge in [-0.05, 0) is 57.3 Å². The monoisotopic (exact) mass is 516 g/mol.